The van der Waals surface area contributed by atoms with Gasteiger partial charge in [-0.3, -0.25) is 19.2 Å². The minimum absolute atomic E-state index is 0.00999. The first kappa shape index (κ1) is 41.6. The Morgan fingerprint density at radius 3 is 1.64 bits per heavy atom. The van der Waals surface area contributed by atoms with Gasteiger partial charge in [-0.05, 0) is 68.9 Å². The molecule has 266 valence electrons. The number of benzene rings is 1. The summed E-state index contributed by atoms with van der Waals surface area (Å²) in [6, 6.07) is 3.15. The number of likely N-dealkylation sites (N-methyl/N-ethyl adjacent to an activating group) is 2. The average molecular weight is 660 g/mol. The van der Waals surface area contributed by atoms with Gasteiger partial charge in [-0.25, -0.2) is 4.79 Å². The summed E-state index contributed by atoms with van der Waals surface area (Å²) in [6.45, 7) is 17.5. The molecule has 0 saturated carbocycles. The van der Waals surface area contributed by atoms with Crippen LogP contribution in [0.2, 0.25) is 0 Å². The number of nitrogens with one attached hydrogen (secondary N) is 4. The van der Waals surface area contributed by atoms with Crippen molar-refractivity contribution in [3.05, 3.63) is 35.4 Å². The minimum Gasteiger partial charge on any atom is -0.480 e. The van der Waals surface area contributed by atoms with E-state index in [1.54, 1.807) is 7.05 Å². The van der Waals surface area contributed by atoms with Gasteiger partial charge in [-0.1, -0.05) is 85.2 Å². The summed E-state index contributed by atoms with van der Waals surface area (Å²) in [4.78, 5) is 68.2. The zero-order chi connectivity index (χ0) is 36.0. The number of rotatable bonds is 20. The number of hydrogen-bond donors (Lipinski definition) is 5. The van der Waals surface area contributed by atoms with Gasteiger partial charge in [0, 0.05) is 13.5 Å². The van der Waals surface area contributed by atoms with Gasteiger partial charge in [-0.2, -0.15) is 0 Å². The standard InChI is InChI=1S/C36H61N5O6/c1-21(2)15-27(37-10)32(42)38-28(16-22(3)4)33(43)39-29(20-26-14-12-13-25(9)19-26)35(45)41(11)31(18-24(7)8)34(44)40-30(36(46)47)17-23(5)6/h12-14,19,21-24,27-31,37H,15-18,20H2,1-11H3,(H,38,42)(H,39,43)(H,40,44)(H,46,47)/t27-,28-,29+,30-,31-/m0/s1. The van der Waals surface area contributed by atoms with Gasteiger partial charge in [0.05, 0.1) is 6.04 Å². The predicted octanol–water partition coefficient (Wildman–Crippen LogP) is 3.68. The summed E-state index contributed by atoms with van der Waals surface area (Å²) in [5, 5.41) is 21.2. The number of carbonyl (C=O) groups excluding carboxylic acids is 4. The first-order valence-corrected chi connectivity index (χ1v) is 17.0. The molecular weight excluding hydrogens is 598 g/mol. The second-order valence-corrected chi connectivity index (χ2v) is 14.5. The molecule has 11 heteroatoms. The van der Waals surface area contributed by atoms with Gasteiger partial charge in [0.2, 0.25) is 23.6 Å². The van der Waals surface area contributed by atoms with E-state index in [0.29, 0.717) is 19.3 Å². The smallest absolute Gasteiger partial charge is 0.326 e. The Morgan fingerprint density at radius 2 is 1.15 bits per heavy atom. The van der Waals surface area contributed by atoms with Crippen LogP contribution in [-0.2, 0) is 30.4 Å². The predicted molar refractivity (Wildman–Crippen MR) is 186 cm³/mol. The molecule has 5 N–H and O–H groups in total. The van der Waals surface area contributed by atoms with E-state index in [-0.39, 0.29) is 42.4 Å². The summed E-state index contributed by atoms with van der Waals surface area (Å²) in [7, 11) is 3.22. The van der Waals surface area contributed by atoms with Crippen LogP contribution in [0.4, 0.5) is 0 Å². The van der Waals surface area contributed by atoms with E-state index in [1.165, 1.54) is 11.9 Å². The molecule has 0 saturated heterocycles. The van der Waals surface area contributed by atoms with Crippen molar-refractivity contribution in [1.82, 2.24) is 26.2 Å². The van der Waals surface area contributed by atoms with Crippen molar-refractivity contribution in [2.75, 3.05) is 14.1 Å². The van der Waals surface area contributed by atoms with Crippen LogP contribution in [0.15, 0.2) is 24.3 Å². The van der Waals surface area contributed by atoms with Crippen molar-refractivity contribution in [3.63, 3.8) is 0 Å². The Labute approximate surface area is 282 Å². The third-order valence-electron chi connectivity index (χ3n) is 7.98. The highest BCUT2D eigenvalue weighted by molar-refractivity contribution is 5.95. The maximum Gasteiger partial charge on any atom is 0.326 e. The lowest BCUT2D eigenvalue weighted by atomic mass is 9.97. The molecular formula is C36H61N5O6. The van der Waals surface area contributed by atoms with Crippen molar-refractivity contribution >= 4 is 29.6 Å². The highest BCUT2D eigenvalue weighted by Crippen LogP contribution is 2.17. The number of carboxylic acids is 1. The van der Waals surface area contributed by atoms with Gasteiger partial charge < -0.3 is 31.3 Å². The van der Waals surface area contributed by atoms with Gasteiger partial charge in [0.1, 0.15) is 24.2 Å². The minimum atomic E-state index is -1.14. The Bertz CT molecular complexity index is 1180. The number of carboxylic acid groups (broad SMARTS) is 1. The monoisotopic (exact) mass is 659 g/mol. The number of hydrogen-bond acceptors (Lipinski definition) is 6. The number of aryl methyl sites for hydroxylation is 1. The van der Waals surface area contributed by atoms with Crippen molar-refractivity contribution in [2.45, 2.75) is 125 Å². The SMILES string of the molecule is CN[C@@H](CC(C)C)C(=O)N[C@@H](CC(C)C)C(=O)N[C@H](Cc1cccc(C)c1)C(=O)N(C)[C@@H](CC(C)C)C(=O)N[C@@H](CC(C)C)C(=O)O. The fourth-order valence-electron chi connectivity index (χ4n) is 5.60. The lowest BCUT2D eigenvalue weighted by molar-refractivity contribution is -0.146. The zero-order valence-electron chi connectivity index (χ0n) is 30.5. The van der Waals surface area contributed by atoms with Gasteiger partial charge in [0.25, 0.3) is 0 Å². The maximum absolute atomic E-state index is 14.3. The van der Waals surface area contributed by atoms with Crippen molar-refractivity contribution < 1.29 is 29.1 Å². The van der Waals surface area contributed by atoms with E-state index in [4.69, 9.17) is 0 Å². The number of nitrogens with zero attached hydrogens (tertiary/aromatic N) is 1. The Balaban J connectivity index is 3.45. The lowest BCUT2D eigenvalue weighted by Gasteiger charge is -2.33. The average Bonchev–Trinajstić information content (AvgIpc) is 2.95. The van der Waals surface area contributed by atoms with Crippen LogP contribution < -0.4 is 21.3 Å². The normalized spacial score (nSPS) is 14.8. The summed E-state index contributed by atoms with van der Waals surface area (Å²) in [5.41, 5.74) is 1.81. The molecule has 4 amide bonds. The molecule has 0 aromatic heterocycles. The first-order chi connectivity index (χ1) is 21.9. The Morgan fingerprint density at radius 1 is 0.681 bits per heavy atom. The Hall–Kier alpha value is -3.47. The van der Waals surface area contributed by atoms with Crippen molar-refractivity contribution in [2.24, 2.45) is 23.7 Å². The maximum atomic E-state index is 14.3. The van der Waals surface area contributed by atoms with Gasteiger partial charge in [0.15, 0.2) is 0 Å². The second kappa shape index (κ2) is 20.0. The molecule has 0 spiro atoms. The van der Waals surface area contributed by atoms with Crippen LogP contribution in [0.25, 0.3) is 0 Å². The fourth-order valence-corrected chi connectivity index (χ4v) is 5.60. The molecule has 1 aromatic rings. The highest BCUT2D eigenvalue weighted by atomic mass is 16.4. The van der Waals surface area contributed by atoms with Crippen LogP contribution >= 0.6 is 0 Å². The lowest BCUT2D eigenvalue weighted by Crippen LogP contribution is -2.59. The molecule has 0 aliphatic rings. The molecule has 0 radical (unpaired) electrons. The summed E-state index contributed by atoms with van der Waals surface area (Å²) >= 11 is 0. The van der Waals surface area contributed by atoms with Crippen LogP contribution in [0.1, 0.15) is 92.2 Å². The zero-order valence-corrected chi connectivity index (χ0v) is 30.5. The molecule has 1 aromatic carbocycles. The molecule has 47 heavy (non-hydrogen) atoms. The molecule has 0 aliphatic heterocycles. The summed E-state index contributed by atoms with van der Waals surface area (Å²) in [6.07, 6.45) is 1.65. The molecule has 5 atom stereocenters. The highest BCUT2D eigenvalue weighted by Gasteiger charge is 2.36. The fraction of sp³-hybridized carbons (Fsp3) is 0.694. The third-order valence-corrected chi connectivity index (χ3v) is 7.98. The molecule has 11 nitrogen and oxygen atoms in total. The van der Waals surface area contributed by atoms with E-state index < -0.39 is 53.9 Å². The van der Waals surface area contributed by atoms with Gasteiger partial charge >= 0.3 is 5.97 Å². The molecule has 0 fully saturated rings. The van der Waals surface area contributed by atoms with Crippen molar-refractivity contribution in [3.8, 4) is 0 Å². The number of aliphatic carboxylic acids is 1. The van der Waals surface area contributed by atoms with E-state index >= 15 is 0 Å². The molecule has 0 unspecified atom stereocenters. The van der Waals surface area contributed by atoms with Gasteiger partial charge in [-0.15, -0.1) is 0 Å². The van der Waals surface area contributed by atoms with E-state index in [1.807, 2.05) is 86.6 Å². The van der Waals surface area contributed by atoms with Crippen LogP contribution in [0.3, 0.4) is 0 Å². The van der Waals surface area contributed by atoms with E-state index in [0.717, 1.165) is 11.1 Å². The molecule has 0 aliphatic carbocycles. The van der Waals surface area contributed by atoms with E-state index in [9.17, 15) is 29.1 Å². The van der Waals surface area contributed by atoms with Crippen LogP contribution in [0, 0.1) is 30.6 Å². The first-order valence-electron chi connectivity index (χ1n) is 17.0. The third kappa shape index (κ3) is 14.9. The van der Waals surface area contributed by atoms with Crippen molar-refractivity contribution in [1.29, 1.82) is 0 Å². The molecule has 1 rings (SSSR count). The molecule has 0 bridgehead atoms. The topological polar surface area (TPSA) is 157 Å². The largest absolute Gasteiger partial charge is 0.480 e. The van der Waals surface area contributed by atoms with Crippen LogP contribution in [-0.4, -0.2) is 83.9 Å². The number of amides is 4. The van der Waals surface area contributed by atoms with E-state index in [2.05, 4.69) is 21.3 Å². The summed E-state index contributed by atoms with van der Waals surface area (Å²) < 4.78 is 0. The molecule has 0 heterocycles. The van der Waals surface area contributed by atoms with Crippen LogP contribution in [0.5, 0.6) is 0 Å². The summed E-state index contributed by atoms with van der Waals surface area (Å²) in [5.74, 6) is -2.59. The quantitative estimate of drug-likeness (QED) is 0.143. The second-order valence-electron chi connectivity index (χ2n) is 14.5. The Kier molecular flexibility index (Phi) is 17.7. The number of carbonyl (C=O) groups is 5.